The minimum atomic E-state index is -0.168. The van der Waals surface area contributed by atoms with Gasteiger partial charge < -0.3 is 5.32 Å². The van der Waals surface area contributed by atoms with Crippen LogP contribution < -0.4 is 5.32 Å². The molecule has 0 saturated heterocycles. The molecule has 0 unspecified atom stereocenters. The third-order valence-electron chi connectivity index (χ3n) is 2.83. The van der Waals surface area contributed by atoms with Crippen molar-refractivity contribution in [2.24, 2.45) is 5.92 Å². The van der Waals surface area contributed by atoms with Gasteiger partial charge in [-0.1, -0.05) is 12.1 Å². The van der Waals surface area contributed by atoms with Gasteiger partial charge in [-0.05, 0) is 43.0 Å². The van der Waals surface area contributed by atoms with E-state index in [-0.39, 0.29) is 5.82 Å². The molecule has 1 fully saturated rings. The normalized spacial score (nSPS) is 24.9. The monoisotopic (exact) mass is 227 g/mol. The molecule has 1 aromatic carbocycles. The minimum absolute atomic E-state index is 0.168. The Morgan fingerprint density at radius 2 is 2.20 bits per heavy atom. The van der Waals surface area contributed by atoms with E-state index >= 15 is 0 Å². The zero-order chi connectivity index (χ0) is 10.7. The van der Waals surface area contributed by atoms with Crippen LogP contribution in [0.15, 0.2) is 24.3 Å². The van der Waals surface area contributed by atoms with Gasteiger partial charge in [-0.3, -0.25) is 0 Å². The highest BCUT2D eigenvalue weighted by Crippen LogP contribution is 2.31. The Bertz CT molecular complexity index is 323. The van der Waals surface area contributed by atoms with Gasteiger partial charge in [0.05, 0.1) is 0 Å². The Hall–Kier alpha value is -0.600. The summed E-state index contributed by atoms with van der Waals surface area (Å²) in [5.74, 6) is 0.542. The zero-order valence-corrected chi connectivity index (χ0v) is 9.30. The van der Waals surface area contributed by atoms with Crippen LogP contribution in [0.2, 0.25) is 0 Å². The second kappa shape index (κ2) is 4.95. The van der Waals surface area contributed by atoms with Crippen molar-refractivity contribution in [3.05, 3.63) is 35.6 Å². The van der Waals surface area contributed by atoms with E-state index in [1.165, 1.54) is 6.07 Å². The zero-order valence-electron chi connectivity index (χ0n) is 8.55. The molecule has 1 nitrogen and oxygen atoms in total. The smallest absolute Gasteiger partial charge is 0.123 e. The minimum Gasteiger partial charge on any atom is -0.312 e. The number of halogens is 2. The summed E-state index contributed by atoms with van der Waals surface area (Å²) in [7, 11) is 0. The predicted molar refractivity (Wildman–Crippen MR) is 60.5 cm³/mol. The molecule has 0 bridgehead atoms. The van der Waals surface area contributed by atoms with Gasteiger partial charge >= 0.3 is 0 Å². The van der Waals surface area contributed by atoms with E-state index in [0.717, 1.165) is 31.5 Å². The summed E-state index contributed by atoms with van der Waals surface area (Å²) in [5.41, 5.74) is 0.997. The number of hydrogen-bond acceptors (Lipinski definition) is 1. The van der Waals surface area contributed by atoms with E-state index in [2.05, 4.69) is 5.32 Å². The van der Waals surface area contributed by atoms with Gasteiger partial charge in [-0.2, -0.15) is 0 Å². The molecule has 1 aromatic rings. The molecule has 0 heterocycles. The summed E-state index contributed by atoms with van der Waals surface area (Å²) in [6.45, 7) is 1.72. The lowest BCUT2D eigenvalue weighted by Gasteiger charge is -2.30. The first-order valence-corrected chi connectivity index (χ1v) is 5.77. The summed E-state index contributed by atoms with van der Waals surface area (Å²) >= 11 is 5.88. The average Bonchev–Trinajstić information content (AvgIpc) is 2.15. The van der Waals surface area contributed by atoms with Gasteiger partial charge in [0, 0.05) is 11.9 Å². The maximum Gasteiger partial charge on any atom is 0.123 e. The fraction of sp³-hybridized carbons (Fsp3) is 0.500. The molecular formula is C12H15ClFN. The third kappa shape index (κ3) is 3.18. The van der Waals surface area contributed by atoms with Crippen LogP contribution >= 0.6 is 11.6 Å². The lowest BCUT2D eigenvalue weighted by molar-refractivity contribution is 0.308. The SMILES string of the molecule is Fc1cccc(CNCC2CC(Cl)C2)c1. The van der Waals surface area contributed by atoms with Crippen molar-refractivity contribution in [3.8, 4) is 0 Å². The molecule has 0 aromatic heterocycles. The number of rotatable bonds is 4. The van der Waals surface area contributed by atoms with Gasteiger partial charge in [0.1, 0.15) is 5.82 Å². The molecule has 15 heavy (non-hydrogen) atoms. The second-order valence-electron chi connectivity index (χ2n) is 4.20. The van der Waals surface area contributed by atoms with E-state index in [1.807, 2.05) is 6.07 Å². The average molecular weight is 228 g/mol. The predicted octanol–water partition coefficient (Wildman–Crippen LogP) is 2.93. The topological polar surface area (TPSA) is 12.0 Å². The van der Waals surface area contributed by atoms with E-state index < -0.39 is 0 Å². The van der Waals surface area contributed by atoms with Crippen LogP contribution in [0.25, 0.3) is 0 Å². The Labute approximate surface area is 94.6 Å². The number of benzene rings is 1. The van der Waals surface area contributed by atoms with Gasteiger partial charge in [0.25, 0.3) is 0 Å². The van der Waals surface area contributed by atoms with Crippen molar-refractivity contribution < 1.29 is 4.39 Å². The van der Waals surface area contributed by atoms with Gasteiger partial charge in [0.15, 0.2) is 0 Å². The molecule has 0 aliphatic heterocycles. The van der Waals surface area contributed by atoms with Crippen molar-refractivity contribution in [1.82, 2.24) is 5.32 Å². The van der Waals surface area contributed by atoms with E-state index in [0.29, 0.717) is 11.3 Å². The highest BCUT2D eigenvalue weighted by atomic mass is 35.5. The molecule has 3 heteroatoms. The van der Waals surface area contributed by atoms with Crippen molar-refractivity contribution in [2.75, 3.05) is 6.54 Å². The van der Waals surface area contributed by atoms with Crippen molar-refractivity contribution >= 4 is 11.6 Å². The molecule has 1 aliphatic rings. The van der Waals surface area contributed by atoms with Gasteiger partial charge in [-0.15, -0.1) is 11.6 Å². The van der Waals surface area contributed by atoms with Crippen LogP contribution in [0.1, 0.15) is 18.4 Å². The third-order valence-corrected chi connectivity index (χ3v) is 3.19. The summed E-state index contributed by atoms with van der Waals surface area (Å²) in [6, 6.07) is 6.71. The van der Waals surface area contributed by atoms with Crippen LogP contribution in [-0.4, -0.2) is 11.9 Å². The molecule has 2 rings (SSSR count). The first-order valence-electron chi connectivity index (χ1n) is 5.33. The highest BCUT2D eigenvalue weighted by molar-refractivity contribution is 6.21. The van der Waals surface area contributed by atoms with E-state index in [9.17, 15) is 4.39 Å². The first-order chi connectivity index (χ1) is 7.24. The van der Waals surface area contributed by atoms with Crippen molar-refractivity contribution in [1.29, 1.82) is 0 Å². The molecule has 0 radical (unpaired) electrons. The summed E-state index contributed by atoms with van der Waals surface area (Å²) in [4.78, 5) is 0. The summed E-state index contributed by atoms with van der Waals surface area (Å²) in [6.07, 6.45) is 2.22. The maximum atomic E-state index is 12.8. The lowest BCUT2D eigenvalue weighted by atomic mass is 9.85. The Kier molecular flexibility index (Phi) is 3.60. The van der Waals surface area contributed by atoms with E-state index in [4.69, 9.17) is 11.6 Å². The molecule has 1 N–H and O–H groups in total. The molecular weight excluding hydrogens is 213 g/mol. The van der Waals surface area contributed by atoms with Crippen LogP contribution in [0.4, 0.5) is 4.39 Å². The Balaban J connectivity index is 1.69. The Morgan fingerprint density at radius 3 is 2.87 bits per heavy atom. The summed E-state index contributed by atoms with van der Waals surface area (Å²) in [5, 5.41) is 3.71. The number of alkyl halides is 1. The number of nitrogens with one attached hydrogen (secondary N) is 1. The van der Waals surface area contributed by atoms with Crippen molar-refractivity contribution in [2.45, 2.75) is 24.8 Å². The fourth-order valence-corrected chi connectivity index (χ4v) is 2.39. The molecule has 1 saturated carbocycles. The largest absolute Gasteiger partial charge is 0.312 e. The van der Waals surface area contributed by atoms with Crippen LogP contribution in [0.5, 0.6) is 0 Å². The Morgan fingerprint density at radius 1 is 1.40 bits per heavy atom. The molecule has 0 amide bonds. The molecule has 82 valence electrons. The highest BCUT2D eigenvalue weighted by Gasteiger charge is 2.26. The van der Waals surface area contributed by atoms with Gasteiger partial charge in [-0.25, -0.2) is 4.39 Å². The van der Waals surface area contributed by atoms with Gasteiger partial charge in [0.2, 0.25) is 0 Å². The molecule has 0 atom stereocenters. The fourth-order valence-electron chi connectivity index (χ4n) is 1.89. The lowest BCUT2D eigenvalue weighted by Crippen LogP contribution is -2.33. The number of hydrogen-bond donors (Lipinski definition) is 1. The maximum absolute atomic E-state index is 12.8. The van der Waals surface area contributed by atoms with E-state index in [1.54, 1.807) is 12.1 Å². The summed E-state index contributed by atoms with van der Waals surface area (Å²) < 4.78 is 12.8. The second-order valence-corrected chi connectivity index (χ2v) is 4.81. The van der Waals surface area contributed by atoms with Crippen LogP contribution in [0, 0.1) is 11.7 Å². The van der Waals surface area contributed by atoms with Crippen LogP contribution in [-0.2, 0) is 6.54 Å². The standard InChI is InChI=1S/C12H15ClFN/c13-11-4-10(5-11)8-15-7-9-2-1-3-12(14)6-9/h1-3,6,10-11,15H,4-5,7-8H2. The molecule has 0 spiro atoms. The molecule has 1 aliphatic carbocycles. The quantitative estimate of drug-likeness (QED) is 0.780. The van der Waals surface area contributed by atoms with Crippen molar-refractivity contribution in [3.63, 3.8) is 0 Å². The first kappa shape index (κ1) is 10.9. The van der Waals surface area contributed by atoms with Crippen LogP contribution in [0.3, 0.4) is 0 Å².